The molecule has 7 heteroatoms. The van der Waals surface area contributed by atoms with Crippen LogP contribution in [0.5, 0.6) is 0 Å². The number of aromatic nitrogens is 2. The molecule has 3 rings (SSSR count). The van der Waals surface area contributed by atoms with Gasteiger partial charge in [0, 0.05) is 13.2 Å². The normalized spacial score (nSPS) is 18.2. The van der Waals surface area contributed by atoms with Crippen molar-refractivity contribution >= 4 is 16.9 Å². The molecule has 1 saturated heterocycles. The number of nitrogens with one attached hydrogen (secondary N) is 2. The van der Waals surface area contributed by atoms with E-state index < -0.39 is 11.5 Å². The Labute approximate surface area is 119 Å². The molecule has 2 heterocycles. The Morgan fingerprint density at radius 1 is 1.52 bits per heavy atom. The van der Waals surface area contributed by atoms with Crippen LogP contribution in [0.15, 0.2) is 23.0 Å². The lowest BCUT2D eigenvalue weighted by atomic mass is 10.2. The summed E-state index contributed by atoms with van der Waals surface area (Å²) in [6.07, 6.45) is 2.00. The van der Waals surface area contributed by atoms with E-state index in [9.17, 15) is 14.0 Å². The van der Waals surface area contributed by atoms with Gasteiger partial charge in [-0.1, -0.05) is 0 Å². The molecule has 0 radical (unpaired) electrons. The van der Waals surface area contributed by atoms with E-state index in [-0.39, 0.29) is 18.6 Å². The highest BCUT2D eigenvalue weighted by Crippen LogP contribution is 2.12. The van der Waals surface area contributed by atoms with E-state index in [1.54, 1.807) is 0 Å². The first kappa shape index (κ1) is 13.8. The second kappa shape index (κ2) is 5.69. The van der Waals surface area contributed by atoms with Gasteiger partial charge in [0.25, 0.3) is 0 Å². The minimum atomic E-state index is -0.432. The van der Waals surface area contributed by atoms with E-state index >= 15 is 0 Å². The Hall–Kier alpha value is -2.15. The first-order valence-corrected chi connectivity index (χ1v) is 6.90. The highest BCUT2D eigenvalue weighted by atomic mass is 19.1. The van der Waals surface area contributed by atoms with Crippen LogP contribution in [-0.2, 0) is 16.1 Å². The molecular formula is C14H16FN3O3. The Balaban J connectivity index is 1.70. The van der Waals surface area contributed by atoms with E-state index in [2.05, 4.69) is 10.3 Å². The fourth-order valence-corrected chi connectivity index (χ4v) is 2.53. The molecule has 1 aromatic carbocycles. The van der Waals surface area contributed by atoms with E-state index in [0.29, 0.717) is 17.6 Å². The molecule has 112 valence electrons. The van der Waals surface area contributed by atoms with Crippen molar-refractivity contribution in [1.82, 2.24) is 14.9 Å². The van der Waals surface area contributed by atoms with Gasteiger partial charge >= 0.3 is 5.69 Å². The minimum Gasteiger partial charge on any atom is -0.376 e. The number of hydrogen-bond acceptors (Lipinski definition) is 3. The van der Waals surface area contributed by atoms with E-state index in [4.69, 9.17) is 4.74 Å². The van der Waals surface area contributed by atoms with Gasteiger partial charge in [-0.25, -0.2) is 9.18 Å². The summed E-state index contributed by atoms with van der Waals surface area (Å²) in [6.45, 7) is 1.08. The Kier molecular flexibility index (Phi) is 3.74. The van der Waals surface area contributed by atoms with Crippen LogP contribution in [-0.4, -0.2) is 34.7 Å². The summed E-state index contributed by atoms with van der Waals surface area (Å²) in [6, 6.07) is 3.98. The summed E-state index contributed by atoms with van der Waals surface area (Å²) < 4.78 is 19.8. The van der Waals surface area contributed by atoms with Gasteiger partial charge in [-0.05, 0) is 31.0 Å². The third-order valence-electron chi connectivity index (χ3n) is 3.59. The van der Waals surface area contributed by atoms with Crippen molar-refractivity contribution < 1.29 is 13.9 Å². The quantitative estimate of drug-likeness (QED) is 0.874. The SMILES string of the molecule is O=C(Cn1c(=O)[nH]c2cc(F)ccc21)NCC1CCCO1. The lowest BCUT2D eigenvalue weighted by Crippen LogP contribution is -2.36. The number of halogens is 1. The largest absolute Gasteiger partial charge is 0.376 e. The zero-order chi connectivity index (χ0) is 14.8. The third kappa shape index (κ3) is 2.97. The Morgan fingerprint density at radius 3 is 3.14 bits per heavy atom. The molecule has 2 aromatic rings. The molecule has 1 amide bonds. The number of imidazole rings is 1. The average Bonchev–Trinajstić information content (AvgIpc) is 3.05. The van der Waals surface area contributed by atoms with Gasteiger partial charge < -0.3 is 15.0 Å². The molecule has 0 aliphatic carbocycles. The number of amides is 1. The minimum absolute atomic E-state index is 0.0581. The van der Waals surface area contributed by atoms with Crippen LogP contribution < -0.4 is 11.0 Å². The van der Waals surface area contributed by atoms with Crippen molar-refractivity contribution in [3.63, 3.8) is 0 Å². The summed E-state index contributed by atoms with van der Waals surface area (Å²) in [7, 11) is 0. The van der Waals surface area contributed by atoms with E-state index in [1.807, 2.05) is 0 Å². The maximum absolute atomic E-state index is 13.1. The number of hydrogen-bond donors (Lipinski definition) is 2. The molecule has 1 atom stereocenters. The summed E-state index contributed by atoms with van der Waals surface area (Å²) >= 11 is 0. The van der Waals surface area contributed by atoms with Crippen molar-refractivity contribution in [2.45, 2.75) is 25.5 Å². The summed E-state index contributed by atoms with van der Waals surface area (Å²) in [5.74, 6) is -0.698. The van der Waals surface area contributed by atoms with Crippen molar-refractivity contribution in [2.75, 3.05) is 13.2 Å². The van der Waals surface area contributed by atoms with Crippen LogP contribution >= 0.6 is 0 Å². The predicted molar refractivity (Wildman–Crippen MR) is 74.5 cm³/mol. The van der Waals surface area contributed by atoms with Gasteiger partial charge in [0.05, 0.1) is 17.1 Å². The number of fused-ring (bicyclic) bond motifs is 1. The summed E-state index contributed by atoms with van der Waals surface area (Å²) in [5, 5.41) is 2.75. The molecule has 0 bridgehead atoms. The highest BCUT2D eigenvalue weighted by Gasteiger charge is 2.17. The van der Waals surface area contributed by atoms with Gasteiger partial charge in [0.2, 0.25) is 5.91 Å². The standard InChI is InChI=1S/C14H16FN3O3/c15-9-3-4-12-11(6-9)17-14(20)18(12)8-13(19)16-7-10-2-1-5-21-10/h3-4,6,10H,1-2,5,7-8H2,(H,16,19)(H,17,20). The smallest absolute Gasteiger partial charge is 0.326 e. The van der Waals surface area contributed by atoms with Crippen molar-refractivity contribution in [2.24, 2.45) is 0 Å². The molecule has 0 saturated carbocycles. The van der Waals surface area contributed by atoms with Gasteiger partial charge in [-0.15, -0.1) is 0 Å². The zero-order valence-electron chi connectivity index (χ0n) is 11.4. The van der Waals surface area contributed by atoms with Gasteiger partial charge in [0.15, 0.2) is 0 Å². The molecule has 0 spiro atoms. The topological polar surface area (TPSA) is 76.1 Å². The van der Waals surface area contributed by atoms with Gasteiger partial charge in [0.1, 0.15) is 12.4 Å². The number of aromatic amines is 1. The molecule has 1 aliphatic heterocycles. The molecule has 6 nitrogen and oxygen atoms in total. The molecule has 1 aliphatic rings. The Bertz CT molecular complexity index is 716. The van der Waals surface area contributed by atoms with Crippen LogP contribution in [0.25, 0.3) is 11.0 Å². The van der Waals surface area contributed by atoms with Crippen LogP contribution in [0.3, 0.4) is 0 Å². The molecule has 1 aromatic heterocycles. The number of benzene rings is 1. The number of rotatable bonds is 4. The predicted octanol–water partition coefficient (Wildman–Crippen LogP) is 0.764. The molecule has 1 fully saturated rings. The van der Waals surface area contributed by atoms with Crippen molar-refractivity contribution in [3.05, 3.63) is 34.5 Å². The molecule has 21 heavy (non-hydrogen) atoms. The van der Waals surface area contributed by atoms with E-state index in [1.165, 1.54) is 22.8 Å². The lowest BCUT2D eigenvalue weighted by Gasteiger charge is -2.11. The first-order chi connectivity index (χ1) is 10.1. The number of nitrogens with zero attached hydrogens (tertiary/aromatic N) is 1. The van der Waals surface area contributed by atoms with Crippen LogP contribution in [0.1, 0.15) is 12.8 Å². The number of carbonyl (C=O) groups excluding carboxylic acids is 1. The summed E-state index contributed by atoms with van der Waals surface area (Å²) in [4.78, 5) is 26.3. The van der Waals surface area contributed by atoms with Gasteiger partial charge in [-0.2, -0.15) is 0 Å². The highest BCUT2D eigenvalue weighted by molar-refractivity contribution is 5.80. The number of ether oxygens (including phenoxy) is 1. The monoisotopic (exact) mass is 293 g/mol. The average molecular weight is 293 g/mol. The van der Waals surface area contributed by atoms with Crippen molar-refractivity contribution in [3.8, 4) is 0 Å². The fourth-order valence-electron chi connectivity index (χ4n) is 2.53. The first-order valence-electron chi connectivity index (χ1n) is 6.90. The number of H-pyrrole nitrogens is 1. The molecule has 1 unspecified atom stereocenters. The second-order valence-electron chi connectivity index (χ2n) is 5.12. The van der Waals surface area contributed by atoms with Crippen molar-refractivity contribution in [1.29, 1.82) is 0 Å². The zero-order valence-corrected chi connectivity index (χ0v) is 11.4. The molecular weight excluding hydrogens is 277 g/mol. The third-order valence-corrected chi connectivity index (χ3v) is 3.59. The van der Waals surface area contributed by atoms with Crippen LogP contribution in [0, 0.1) is 5.82 Å². The van der Waals surface area contributed by atoms with Gasteiger partial charge in [-0.3, -0.25) is 9.36 Å². The maximum atomic E-state index is 13.1. The summed E-state index contributed by atoms with van der Waals surface area (Å²) in [5.41, 5.74) is 0.462. The second-order valence-corrected chi connectivity index (χ2v) is 5.12. The lowest BCUT2D eigenvalue weighted by molar-refractivity contribution is -0.122. The maximum Gasteiger partial charge on any atom is 0.326 e. The molecule has 2 N–H and O–H groups in total. The van der Waals surface area contributed by atoms with E-state index in [0.717, 1.165) is 19.4 Å². The fraction of sp³-hybridized carbons (Fsp3) is 0.429. The number of carbonyl (C=O) groups is 1. The van der Waals surface area contributed by atoms with Crippen LogP contribution in [0.2, 0.25) is 0 Å². The Morgan fingerprint density at radius 2 is 2.38 bits per heavy atom. The van der Waals surface area contributed by atoms with Crippen LogP contribution in [0.4, 0.5) is 4.39 Å².